The maximum atomic E-state index is 11.2. The summed E-state index contributed by atoms with van der Waals surface area (Å²) in [7, 11) is 0. The molecule has 0 N–H and O–H groups in total. The highest BCUT2D eigenvalue weighted by Crippen LogP contribution is 2.01. The van der Waals surface area contributed by atoms with Crippen LogP contribution >= 0.6 is 15.9 Å². The van der Waals surface area contributed by atoms with Crippen molar-refractivity contribution in [2.75, 3.05) is 0 Å². The van der Waals surface area contributed by atoms with Crippen LogP contribution in [0.4, 0.5) is 0 Å². The zero-order valence-corrected chi connectivity index (χ0v) is 8.34. The average Bonchev–Trinajstić information content (AvgIpc) is 1.94. The quantitative estimate of drug-likeness (QED) is 0.769. The standard InChI is InChI=1S/C8H9BrN2O/c1-6(9)4-11-5-10-7(2)3-8(11)12/h3,5H,1,4H2,2H3. The van der Waals surface area contributed by atoms with Gasteiger partial charge in [0.25, 0.3) is 5.56 Å². The van der Waals surface area contributed by atoms with E-state index in [-0.39, 0.29) is 5.56 Å². The molecule has 0 aliphatic heterocycles. The number of hydrogen-bond donors (Lipinski definition) is 0. The second-order valence-electron chi connectivity index (χ2n) is 2.51. The Bertz CT molecular complexity index is 356. The predicted molar refractivity (Wildman–Crippen MR) is 51.3 cm³/mol. The van der Waals surface area contributed by atoms with Crippen LogP contribution in [-0.4, -0.2) is 9.55 Å². The molecule has 64 valence electrons. The van der Waals surface area contributed by atoms with Crippen molar-refractivity contribution in [2.45, 2.75) is 13.5 Å². The summed E-state index contributed by atoms with van der Waals surface area (Å²) < 4.78 is 2.25. The third-order valence-corrected chi connectivity index (χ3v) is 1.61. The van der Waals surface area contributed by atoms with Crippen LogP contribution in [0.2, 0.25) is 0 Å². The molecule has 0 saturated carbocycles. The first-order valence-corrected chi connectivity index (χ1v) is 4.25. The molecule has 1 rings (SSSR count). The van der Waals surface area contributed by atoms with Gasteiger partial charge >= 0.3 is 0 Å². The van der Waals surface area contributed by atoms with E-state index in [1.165, 1.54) is 17.0 Å². The van der Waals surface area contributed by atoms with E-state index in [1.54, 1.807) is 6.92 Å². The van der Waals surface area contributed by atoms with Gasteiger partial charge in [0.2, 0.25) is 0 Å². The lowest BCUT2D eigenvalue weighted by Gasteiger charge is -2.02. The third kappa shape index (κ3) is 2.30. The molecule has 0 unspecified atom stereocenters. The Labute approximate surface area is 78.9 Å². The molecule has 0 aliphatic carbocycles. The zero-order chi connectivity index (χ0) is 9.14. The average molecular weight is 229 g/mol. The molecule has 1 aromatic rings. The number of rotatable bonds is 2. The Morgan fingerprint density at radius 2 is 2.50 bits per heavy atom. The molecule has 1 heterocycles. The summed E-state index contributed by atoms with van der Waals surface area (Å²) >= 11 is 3.18. The minimum atomic E-state index is -0.0527. The Morgan fingerprint density at radius 1 is 1.83 bits per heavy atom. The molecule has 3 nitrogen and oxygen atoms in total. The highest BCUT2D eigenvalue weighted by atomic mass is 79.9. The summed E-state index contributed by atoms with van der Waals surface area (Å²) in [6.07, 6.45) is 1.52. The molecule has 0 fully saturated rings. The van der Waals surface area contributed by atoms with Gasteiger partial charge in [0.15, 0.2) is 0 Å². The van der Waals surface area contributed by atoms with Crippen molar-refractivity contribution in [1.82, 2.24) is 9.55 Å². The van der Waals surface area contributed by atoms with Crippen molar-refractivity contribution in [3.8, 4) is 0 Å². The van der Waals surface area contributed by atoms with Gasteiger partial charge in [-0.1, -0.05) is 22.5 Å². The minimum absolute atomic E-state index is 0.0527. The number of aromatic nitrogens is 2. The van der Waals surface area contributed by atoms with E-state index < -0.39 is 0 Å². The number of hydrogen-bond acceptors (Lipinski definition) is 2. The summed E-state index contributed by atoms with van der Waals surface area (Å²) in [4.78, 5) is 15.2. The maximum absolute atomic E-state index is 11.2. The largest absolute Gasteiger partial charge is 0.294 e. The van der Waals surface area contributed by atoms with E-state index >= 15 is 0 Å². The monoisotopic (exact) mass is 228 g/mol. The first-order valence-electron chi connectivity index (χ1n) is 3.46. The van der Waals surface area contributed by atoms with Gasteiger partial charge in [-0.25, -0.2) is 4.98 Å². The van der Waals surface area contributed by atoms with Gasteiger partial charge < -0.3 is 0 Å². The van der Waals surface area contributed by atoms with Crippen molar-refractivity contribution in [3.63, 3.8) is 0 Å². The Balaban J connectivity index is 3.02. The highest BCUT2D eigenvalue weighted by Gasteiger charge is 1.96. The lowest BCUT2D eigenvalue weighted by atomic mass is 10.4. The summed E-state index contributed by atoms with van der Waals surface area (Å²) in [6, 6.07) is 1.50. The second-order valence-corrected chi connectivity index (χ2v) is 3.64. The van der Waals surface area contributed by atoms with E-state index in [0.29, 0.717) is 6.54 Å². The molecule has 1 aromatic heterocycles. The lowest BCUT2D eigenvalue weighted by Crippen LogP contribution is -2.19. The van der Waals surface area contributed by atoms with Crippen molar-refractivity contribution in [2.24, 2.45) is 0 Å². The van der Waals surface area contributed by atoms with Crippen LogP contribution in [0.3, 0.4) is 0 Å². The molecular formula is C8H9BrN2O. The molecule has 0 radical (unpaired) electrons. The Morgan fingerprint density at radius 3 is 3.00 bits per heavy atom. The second kappa shape index (κ2) is 3.67. The Kier molecular flexibility index (Phi) is 2.81. The molecular weight excluding hydrogens is 220 g/mol. The topological polar surface area (TPSA) is 34.9 Å². The highest BCUT2D eigenvalue weighted by molar-refractivity contribution is 9.11. The first kappa shape index (κ1) is 9.19. The normalized spacial score (nSPS) is 9.83. The zero-order valence-electron chi connectivity index (χ0n) is 6.75. The van der Waals surface area contributed by atoms with Crippen molar-refractivity contribution >= 4 is 15.9 Å². The number of halogens is 1. The third-order valence-electron chi connectivity index (χ3n) is 1.36. The number of aryl methyl sites for hydroxylation is 1. The SMILES string of the molecule is C=C(Br)Cn1cnc(C)cc1=O. The van der Waals surface area contributed by atoms with Gasteiger partial charge in [0, 0.05) is 16.2 Å². The van der Waals surface area contributed by atoms with Gasteiger partial charge in [0.1, 0.15) is 0 Å². The van der Waals surface area contributed by atoms with Crippen molar-refractivity contribution in [1.29, 1.82) is 0 Å². The maximum Gasteiger partial charge on any atom is 0.253 e. The minimum Gasteiger partial charge on any atom is -0.294 e. The van der Waals surface area contributed by atoms with E-state index in [2.05, 4.69) is 27.5 Å². The summed E-state index contributed by atoms with van der Waals surface area (Å²) in [5.41, 5.74) is 0.680. The molecule has 12 heavy (non-hydrogen) atoms. The van der Waals surface area contributed by atoms with E-state index in [4.69, 9.17) is 0 Å². The predicted octanol–water partition coefficient (Wildman–Crippen LogP) is 1.46. The molecule has 0 saturated heterocycles. The van der Waals surface area contributed by atoms with Crippen LogP contribution < -0.4 is 5.56 Å². The van der Waals surface area contributed by atoms with Gasteiger partial charge in [-0.05, 0) is 6.92 Å². The van der Waals surface area contributed by atoms with Crippen molar-refractivity contribution < 1.29 is 0 Å². The van der Waals surface area contributed by atoms with Crippen LogP contribution in [-0.2, 0) is 6.54 Å². The fraction of sp³-hybridized carbons (Fsp3) is 0.250. The summed E-state index contributed by atoms with van der Waals surface area (Å²) in [5, 5.41) is 0. The lowest BCUT2D eigenvalue weighted by molar-refractivity contribution is 0.743. The van der Waals surface area contributed by atoms with E-state index in [0.717, 1.165) is 10.2 Å². The molecule has 0 aromatic carbocycles. The van der Waals surface area contributed by atoms with Gasteiger partial charge in [-0.3, -0.25) is 9.36 Å². The summed E-state index contributed by atoms with van der Waals surface area (Å²) in [6.45, 7) is 5.89. The van der Waals surface area contributed by atoms with E-state index in [9.17, 15) is 4.79 Å². The molecule has 0 spiro atoms. The molecule has 0 atom stereocenters. The van der Waals surface area contributed by atoms with Crippen LogP contribution in [0.1, 0.15) is 5.69 Å². The first-order chi connectivity index (χ1) is 5.59. The van der Waals surface area contributed by atoms with Gasteiger partial charge in [-0.2, -0.15) is 0 Å². The van der Waals surface area contributed by atoms with Crippen molar-refractivity contribution in [3.05, 3.63) is 39.5 Å². The molecule has 0 bridgehead atoms. The number of nitrogens with zero attached hydrogens (tertiary/aromatic N) is 2. The number of allylic oxidation sites excluding steroid dienone is 1. The van der Waals surface area contributed by atoms with Crippen LogP contribution in [0.25, 0.3) is 0 Å². The summed E-state index contributed by atoms with van der Waals surface area (Å²) in [5.74, 6) is 0. The van der Waals surface area contributed by atoms with Crippen LogP contribution in [0.15, 0.2) is 28.2 Å². The molecule has 0 aliphatic rings. The fourth-order valence-corrected chi connectivity index (χ4v) is 1.09. The Hall–Kier alpha value is -0.900. The van der Waals surface area contributed by atoms with Crippen LogP contribution in [0, 0.1) is 6.92 Å². The fourth-order valence-electron chi connectivity index (χ4n) is 0.820. The van der Waals surface area contributed by atoms with E-state index in [1.807, 2.05) is 0 Å². The molecule has 0 amide bonds. The van der Waals surface area contributed by atoms with Crippen LogP contribution in [0.5, 0.6) is 0 Å². The van der Waals surface area contributed by atoms with Gasteiger partial charge in [-0.15, -0.1) is 0 Å². The van der Waals surface area contributed by atoms with Gasteiger partial charge in [0.05, 0.1) is 12.9 Å². The molecule has 4 heteroatoms. The smallest absolute Gasteiger partial charge is 0.253 e.